The molecular weight excluding hydrogens is 260 g/mol. The van der Waals surface area contributed by atoms with Crippen LogP contribution in [0, 0.1) is 0 Å². The van der Waals surface area contributed by atoms with Crippen LogP contribution in [0.15, 0.2) is 10.8 Å². The molecule has 0 radical (unpaired) electrons. The minimum Gasteiger partial charge on any atom is -0.394 e. The van der Waals surface area contributed by atoms with E-state index >= 15 is 0 Å². The van der Waals surface area contributed by atoms with Gasteiger partial charge >= 0.3 is 0 Å². The van der Waals surface area contributed by atoms with E-state index in [0.717, 1.165) is 18.5 Å². The summed E-state index contributed by atoms with van der Waals surface area (Å²) in [6.45, 7) is 4.65. The zero-order chi connectivity index (χ0) is 14.3. The van der Waals surface area contributed by atoms with E-state index in [1.807, 2.05) is 13.8 Å². The van der Waals surface area contributed by atoms with Crippen LogP contribution >= 0.6 is 0 Å². The molecule has 3 rings (SSSR count). The molecule has 1 aliphatic heterocycles. The Morgan fingerprint density at radius 3 is 2.95 bits per heavy atom. The van der Waals surface area contributed by atoms with Crippen LogP contribution in [-0.2, 0) is 4.74 Å². The standard InChI is InChI=1S/C14H20N2O4/c1-14(2)8-16(5-10(6-17)20-14)13(18)11-7-19-15-12(11)9-3-4-9/h7,9-10,17H,3-6,8H2,1-2H3. The van der Waals surface area contributed by atoms with Crippen molar-refractivity contribution < 1.29 is 19.2 Å². The molecule has 1 aromatic heterocycles. The van der Waals surface area contributed by atoms with Gasteiger partial charge in [-0.15, -0.1) is 0 Å². The van der Waals surface area contributed by atoms with Gasteiger partial charge in [0.25, 0.3) is 5.91 Å². The molecule has 1 saturated carbocycles. The molecule has 6 nitrogen and oxygen atoms in total. The fourth-order valence-electron chi connectivity index (χ4n) is 2.77. The smallest absolute Gasteiger partial charge is 0.259 e. The minimum absolute atomic E-state index is 0.0806. The molecule has 2 aliphatic rings. The summed E-state index contributed by atoms with van der Waals surface area (Å²) < 4.78 is 10.7. The summed E-state index contributed by atoms with van der Waals surface area (Å²) in [5.74, 6) is 0.290. The van der Waals surface area contributed by atoms with E-state index in [-0.39, 0.29) is 18.6 Å². The van der Waals surface area contributed by atoms with Gasteiger partial charge in [0.05, 0.1) is 24.0 Å². The number of nitrogens with zero attached hydrogens (tertiary/aromatic N) is 2. The monoisotopic (exact) mass is 280 g/mol. The molecule has 1 aliphatic carbocycles. The summed E-state index contributed by atoms with van der Waals surface area (Å²) in [7, 11) is 0. The number of carbonyl (C=O) groups excluding carboxylic acids is 1. The summed E-state index contributed by atoms with van der Waals surface area (Å²) in [5, 5.41) is 13.3. The first-order chi connectivity index (χ1) is 9.50. The molecule has 1 unspecified atom stereocenters. The van der Waals surface area contributed by atoms with E-state index in [9.17, 15) is 9.90 Å². The minimum atomic E-state index is -0.460. The maximum atomic E-state index is 12.7. The van der Waals surface area contributed by atoms with Crippen molar-refractivity contribution in [1.29, 1.82) is 0 Å². The molecule has 0 bridgehead atoms. The second kappa shape index (κ2) is 4.86. The number of carbonyl (C=O) groups is 1. The quantitative estimate of drug-likeness (QED) is 0.899. The van der Waals surface area contributed by atoms with E-state index < -0.39 is 5.60 Å². The molecular formula is C14H20N2O4. The van der Waals surface area contributed by atoms with Gasteiger partial charge in [0.1, 0.15) is 11.8 Å². The molecule has 1 atom stereocenters. The van der Waals surface area contributed by atoms with Crippen molar-refractivity contribution in [2.45, 2.75) is 44.3 Å². The second-order valence-electron chi connectivity index (χ2n) is 6.26. The fourth-order valence-corrected chi connectivity index (χ4v) is 2.77. The summed E-state index contributed by atoms with van der Waals surface area (Å²) in [4.78, 5) is 14.4. The first kappa shape index (κ1) is 13.6. The van der Waals surface area contributed by atoms with Gasteiger partial charge in [0.2, 0.25) is 0 Å². The van der Waals surface area contributed by atoms with Crippen molar-refractivity contribution in [3.8, 4) is 0 Å². The van der Waals surface area contributed by atoms with Crippen LogP contribution in [0.1, 0.15) is 48.7 Å². The Labute approximate surface area is 117 Å². The molecule has 0 spiro atoms. The van der Waals surface area contributed by atoms with Crippen LogP contribution in [0.25, 0.3) is 0 Å². The Morgan fingerprint density at radius 2 is 2.30 bits per heavy atom. The predicted molar refractivity (Wildman–Crippen MR) is 70.4 cm³/mol. The third-order valence-corrected chi connectivity index (χ3v) is 3.76. The molecule has 1 amide bonds. The third kappa shape index (κ3) is 2.58. The van der Waals surface area contributed by atoms with Crippen LogP contribution < -0.4 is 0 Å². The summed E-state index contributed by atoms with van der Waals surface area (Å²) in [6.07, 6.45) is 3.24. The van der Waals surface area contributed by atoms with Crippen LogP contribution in [0.2, 0.25) is 0 Å². The Kier molecular flexibility index (Phi) is 3.30. The van der Waals surface area contributed by atoms with E-state index in [4.69, 9.17) is 9.26 Å². The Morgan fingerprint density at radius 1 is 1.55 bits per heavy atom. The summed E-state index contributed by atoms with van der Waals surface area (Å²) in [5.41, 5.74) is 0.875. The Hall–Kier alpha value is -1.40. The summed E-state index contributed by atoms with van der Waals surface area (Å²) >= 11 is 0. The Bertz CT molecular complexity index is 507. The van der Waals surface area contributed by atoms with E-state index in [2.05, 4.69) is 5.16 Å². The molecule has 1 saturated heterocycles. The van der Waals surface area contributed by atoms with Crippen molar-refractivity contribution in [1.82, 2.24) is 10.1 Å². The van der Waals surface area contributed by atoms with Crippen molar-refractivity contribution >= 4 is 5.91 Å². The zero-order valence-corrected chi connectivity index (χ0v) is 11.8. The lowest BCUT2D eigenvalue weighted by Crippen LogP contribution is -2.55. The second-order valence-corrected chi connectivity index (χ2v) is 6.26. The highest BCUT2D eigenvalue weighted by Crippen LogP contribution is 2.41. The molecule has 1 N–H and O–H groups in total. The number of rotatable bonds is 3. The zero-order valence-electron chi connectivity index (χ0n) is 11.8. The van der Waals surface area contributed by atoms with Gasteiger partial charge < -0.3 is 19.3 Å². The number of aliphatic hydroxyl groups is 1. The van der Waals surface area contributed by atoms with Crippen LogP contribution in [0.3, 0.4) is 0 Å². The molecule has 2 heterocycles. The number of amides is 1. The lowest BCUT2D eigenvalue weighted by Gasteiger charge is -2.42. The van der Waals surface area contributed by atoms with Gasteiger partial charge in [-0.25, -0.2) is 0 Å². The largest absolute Gasteiger partial charge is 0.394 e. The third-order valence-electron chi connectivity index (χ3n) is 3.76. The number of aromatic nitrogens is 1. The van der Waals surface area contributed by atoms with Crippen molar-refractivity contribution in [2.75, 3.05) is 19.7 Å². The highest BCUT2D eigenvalue weighted by molar-refractivity contribution is 5.95. The predicted octanol–water partition coefficient (Wildman–Crippen LogP) is 1.16. The van der Waals surface area contributed by atoms with E-state index in [1.165, 1.54) is 6.26 Å². The molecule has 2 fully saturated rings. The lowest BCUT2D eigenvalue weighted by molar-refractivity contribution is -0.139. The van der Waals surface area contributed by atoms with Crippen molar-refractivity contribution in [2.24, 2.45) is 0 Å². The highest BCUT2D eigenvalue weighted by Gasteiger charge is 2.38. The number of morpholine rings is 1. The van der Waals surface area contributed by atoms with E-state index in [1.54, 1.807) is 4.90 Å². The van der Waals surface area contributed by atoms with Gasteiger partial charge in [0, 0.05) is 19.0 Å². The maximum absolute atomic E-state index is 12.7. The van der Waals surface area contributed by atoms with Gasteiger partial charge in [-0.3, -0.25) is 4.79 Å². The number of aliphatic hydroxyl groups excluding tert-OH is 1. The first-order valence-electron chi connectivity index (χ1n) is 7.02. The highest BCUT2D eigenvalue weighted by atomic mass is 16.5. The van der Waals surface area contributed by atoms with Gasteiger partial charge in [0.15, 0.2) is 0 Å². The normalized spacial score (nSPS) is 25.8. The molecule has 110 valence electrons. The van der Waals surface area contributed by atoms with Crippen molar-refractivity contribution in [3.63, 3.8) is 0 Å². The lowest BCUT2D eigenvalue weighted by atomic mass is 10.0. The fraction of sp³-hybridized carbons (Fsp3) is 0.714. The van der Waals surface area contributed by atoms with Crippen LogP contribution in [0.5, 0.6) is 0 Å². The molecule has 6 heteroatoms. The van der Waals surface area contributed by atoms with Crippen LogP contribution in [0.4, 0.5) is 0 Å². The number of ether oxygens (including phenoxy) is 1. The Balaban J connectivity index is 1.80. The maximum Gasteiger partial charge on any atom is 0.259 e. The molecule has 20 heavy (non-hydrogen) atoms. The van der Waals surface area contributed by atoms with Crippen molar-refractivity contribution in [3.05, 3.63) is 17.5 Å². The average Bonchev–Trinajstić information content (AvgIpc) is 3.13. The number of hydrogen-bond donors (Lipinski definition) is 1. The number of hydrogen-bond acceptors (Lipinski definition) is 5. The topological polar surface area (TPSA) is 75.8 Å². The average molecular weight is 280 g/mol. The molecule has 0 aromatic carbocycles. The molecule has 1 aromatic rings. The van der Waals surface area contributed by atoms with Gasteiger partial charge in [-0.05, 0) is 26.7 Å². The van der Waals surface area contributed by atoms with Crippen LogP contribution in [-0.4, -0.2) is 52.5 Å². The first-order valence-corrected chi connectivity index (χ1v) is 7.02. The van der Waals surface area contributed by atoms with Gasteiger partial charge in [-0.1, -0.05) is 5.16 Å². The SMILES string of the molecule is CC1(C)CN(C(=O)c2conc2C2CC2)CC(CO)O1. The summed E-state index contributed by atoms with van der Waals surface area (Å²) in [6, 6.07) is 0. The van der Waals surface area contributed by atoms with Gasteiger partial charge in [-0.2, -0.15) is 0 Å². The van der Waals surface area contributed by atoms with E-state index in [0.29, 0.717) is 24.6 Å².